The Hall–Kier alpha value is -0.833. The van der Waals surface area contributed by atoms with Gasteiger partial charge >= 0.3 is 5.97 Å². The Balaban J connectivity index is 1.76. The van der Waals surface area contributed by atoms with Gasteiger partial charge in [-0.25, -0.2) is 4.79 Å². The highest BCUT2D eigenvalue weighted by Gasteiger charge is 2.62. The van der Waals surface area contributed by atoms with E-state index in [9.17, 15) is 14.7 Å². The van der Waals surface area contributed by atoms with Gasteiger partial charge in [0.15, 0.2) is 0 Å². The van der Waals surface area contributed by atoms with Gasteiger partial charge in [0.1, 0.15) is 6.04 Å². The van der Waals surface area contributed by atoms with Crippen LogP contribution < -0.4 is 0 Å². The molecule has 0 aliphatic carbocycles. The van der Waals surface area contributed by atoms with Gasteiger partial charge in [-0.1, -0.05) is 25.7 Å². The minimum Gasteiger partial charge on any atom is -0.464 e. The predicted octanol–water partition coefficient (Wildman–Crippen LogP) is 2.95. The molecule has 0 bridgehead atoms. The van der Waals surface area contributed by atoms with Crippen LogP contribution in [0.2, 0.25) is 25.7 Å². The van der Waals surface area contributed by atoms with Gasteiger partial charge in [-0.15, -0.1) is 23.1 Å². The van der Waals surface area contributed by atoms with Crippen LogP contribution in [0.3, 0.4) is 0 Å². The smallest absolute Gasteiger partial charge is 0.330 e. The Bertz CT molecular complexity index is 644. The molecular formula is C17H25NO4S2Si. The lowest BCUT2D eigenvalue weighted by Crippen LogP contribution is -2.64. The number of aliphatic hydroxyl groups is 1. The third kappa shape index (κ3) is 3.67. The van der Waals surface area contributed by atoms with Crippen molar-refractivity contribution in [2.75, 3.05) is 6.61 Å². The zero-order chi connectivity index (χ0) is 18.4. The van der Waals surface area contributed by atoms with Crippen LogP contribution in [0.15, 0.2) is 17.5 Å². The van der Waals surface area contributed by atoms with Gasteiger partial charge in [0.05, 0.1) is 29.3 Å². The number of amides is 1. The van der Waals surface area contributed by atoms with E-state index in [0.717, 1.165) is 10.9 Å². The van der Waals surface area contributed by atoms with Crippen molar-refractivity contribution in [3.63, 3.8) is 0 Å². The number of ether oxygens (including phenoxy) is 1. The molecule has 2 fully saturated rings. The number of thioether (sulfide) groups is 1. The molecule has 0 aromatic carbocycles. The van der Waals surface area contributed by atoms with Crippen LogP contribution in [0.25, 0.3) is 0 Å². The van der Waals surface area contributed by atoms with Crippen molar-refractivity contribution in [3.05, 3.63) is 22.4 Å². The summed E-state index contributed by atoms with van der Waals surface area (Å²) in [7, 11) is -1.28. The summed E-state index contributed by atoms with van der Waals surface area (Å²) in [5.74, 6) is -0.880. The molecule has 1 aromatic heterocycles. The van der Waals surface area contributed by atoms with Crippen LogP contribution in [-0.2, 0) is 14.3 Å². The van der Waals surface area contributed by atoms with Gasteiger partial charge in [-0.2, -0.15) is 0 Å². The summed E-state index contributed by atoms with van der Waals surface area (Å²) in [5, 5.41) is 11.6. The van der Waals surface area contributed by atoms with Crippen LogP contribution in [0.5, 0.6) is 0 Å². The highest BCUT2D eigenvalue weighted by molar-refractivity contribution is 8.00. The first-order chi connectivity index (χ1) is 11.7. The number of nitrogens with zero attached hydrogens (tertiary/aromatic N) is 1. The second-order valence-electron chi connectivity index (χ2n) is 7.90. The fourth-order valence-corrected chi connectivity index (χ4v) is 6.79. The maximum Gasteiger partial charge on any atom is 0.330 e. The number of aliphatic hydroxyl groups excluding tert-OH is 1. The molecule has 2 aliphatic heterocycles. The average Bonchev–Trinajstić information content (AvgIpc) is 3.10. The summed E-state index contributed by atoms with van der Waals surface area (Å²) in [6.07, 6.45) is -0.702. The quantitative estimate of drug-likeness (QED) is 0.453. The summed E-state index contributed by atoms with van der Waals surface area (Å²) < 4.78 is 5.56. The lowest BCUT2D eigenvalue weighted by molar-refractivity contribution is -0.169. The molecule has 1 aromatic rings. The number of carbonyl (C=O) groups is 2. The molecule has 2 saturated heterocycles. The highest BCUT2D eigenvalue weighted by atomic mass is 32.2. The monoisotopic (exact) mass is 399 g/mol. The fraction of sp³-hybridized carbons (Fsp3) is 0.647. The molecule has 5 atom stereocenters. The molecule has 0 saturated carbocycles. The lowest BCUT2D eigenvalue weighted by atomic mass is 9.90. The van der Waals surface area contributed by atoms with Crippen molar-refractivity contribution in [1.29, 1.82) is 0 Å². The third-order valence-corrected chi connectivity index (χ3v) is 9.09. The Morgan fingerprint density at radius 1 is 1.44 bits per heavy atom. The van der Waals surface area contributed by atoms with Crippen LogP contribution in [0.4, 0.5) is 0 Å². The maximum atomic E-state index is 12.8. The first-order valence-electron chi connectivity index (χ1n) is 8.56. The molecule has 3 rings (SSSR count). The molecule has 8 heteroatoms. The van der Waals surface area contributed by atoms with E-state index < -0.39 is 26.1 Å². The van der Waals surface area contributed by atoms with E-state index in [1.807, 2.05) is 17.5 Å². The fourth-order valence-electron chi connectivity index (χ4n) is 3.23. The molecular weight excluding hydrogens is 374 g/mol. The van der Waals surface area contributed by atoms with Gasteiger partial charge in [0.2, 0.25) is 5.91 Å². The van der Waals surface area contributed by atoms with Crippen LogP contribution in [0, 0.1) is 5.92 Å². The topological polar surface area (TPSA) is 66.8 Å². The Morgan fingerprint density at radius 3 is 2.72 bits per heavy atom. The van der Waals surface area contributed by atoms with E-state index in [4.69, 9.17) is 4.74 Å². The Morgan fingerprint density at radius 2 is 2.16 bits per heavy atom. The largest absolute Gasteiger partial charge is 0.464 e. The standard InChI is InChI=1S/C17H25NO4S2Si/c1-10(19)12-15(20)18-13(17(21)22-7-9-25(2,3)4)14(24-16(12)18)11-6-5-8-23-11/h5-6,8,10,12-14,16,19H,7,9H2,1-4H3/t10?,12-,13+,14+,16-/m1/s1. The zero-order valence-corrected chi connectivity index (χ0v) is 17.6. The van der Waals surface area contributed by atoms with Crippen molar-refractivity contribution < 1.29 is 19.4 Å². The number of β-lactam (4-membered cyclic amide) rings is 1. The number of carbonyl (C=O) groups excluding carboxylic acids is 2. The van der Waals surface area contributed by atoms with Gasteiger partial charge in [0, 0.05) is 13.0 Å². The van der Waals surface area contributed by atoms with Gasteiger partial charge < -0.3 is 14.7 Å². The number of thiophene rings is 1. The summed E-state index contributed by atoms with van der Waals surface area (Å²) in [6.45, 7) is 8.77. The number of rotatable bonds is 6. The van der Waals surface area contributed by atoms with Crippen LogP contribution in [-0.4, -0.2) is 54.1 Å². The SMILES string of the molecule is CC(O)[C@@H]1C(=O)N2[C@@H]1S[C@@H](c1cccs1)[C@H]2C(=O)OCC[Si](C)(C)C. The van der Waals surface area contributed by atoms with Crippen molar-refractivity contribution >= 4 is 43.0 Å². The molecule has 138 valence electrons. The second-order valence-corrected chi connectivity index (χ2v) is 15.8. The second kappa shape index (κ2) is 7.06. The van der Waals surface area contributed by atoms with E-state index in [2.05, 4.69) is 19.6 Å². The normalized spacial score (nSPS) is 30.0. The molecule has 2 aliphatic rings. The van der Waals surface area contributed by atoms with Gasteiger partial charge in [-0.05, 0) is 24.4 Å². The Labute approximate surface area is 157 Å². The summed E-state index contributed by atoms with van der Waals surface area (Å²) in [6, 6.07) is 4.28. The molecule has 3 heterocycles. The summed E-state index contributed by atoms with van der Waals surface area (Å²) >= 11 is 3.19. The molecule has 1 amide bonds. The summed E-state index contributed by atoms with van der Waals surface area (Å²) in [5.41, 5.74) is 0. The molecule has 1 N–H and O–H groups in total. The van der Waals surface area contributed by atoms with Crippen molar-refractivity contribution in [1.82, 2.24) is 4.90 Å². The van der Waals surface area contributed by atoms with E-state index >= 15 is 0 Å². The van der Waals surface area contributed by atoms with Crippen molar-refractivity contribution in [3.8, 4) is 0 Å². The van der Waals surface area contributed by atoms with Gasteiger partial charge in [-0.3, -0.25) is 4.79 Å². The zero-order valence-electron chi connectivity index (χ0n) is 15.0. The first kappa shape index (κ1) is 18.9. The molecule has 0 radical (unpaired) electrons. The number of esters is 1. The minimum absolute atomic E-state index is 0.114. The molecule has 0 spiro atoms. The minimum atomic E-state index is -1.28. The number of hydrogen-bond donors (Lipinski definition) is 1. The van der Waals surface area contributed by atoms with Crippen molar-refractivity contribution in [2.45, 2.75) is 55.4 Å². The average molecular weight is 400 g/mol. The molecule has 1 unspecified atom stereocenters. The van der Waals surface area contributed by atoms with E-state index in [-0.39, 0.29) is 22.5 Å². The molecule has 5 nitrogen and oxygen atoms in total. The first-order valence-corrected chi connectivity index (χ1v) is 14.1. The van der Waals surface area contributed by atoms with E-state index in [1.54, 1.807) is 34.9 Å². The van der Waals surface area contributed by atoms with Gasteiger partial charge in [0.25, 0.3) is 0 Å². The third-order valence-electron chi connectivity index (χ3n) is 4.67. The highest BCUT2D eigenvalue weighted by Crippen LogP contribution is 2.56. The number of fused-ring (bicyclic) bond motifs is 1. The van der Waals surface area contributed by atoms with Crippen molar-refractivity contribution in [2.24, 2.45) is 5.92 Å². The summed E-state index contributed by atoms with van der Waals surface area (Å²) in [4.78, 5) is 28.0. The predicted molar refractivity (Wildman–Crippen MR) is 103 cm³/mol. The molecule has 25 heavy (non-hydrogen) atoms. The number of hydrogen-bond acceptors (Lipinski definition) is 6. The Kier molecular flexibility index (Phi) is 5.35. The van der Waals surface area contributed by atoms with E-state index in [0.29, 0.717) is 6.61 Å². The maximum absolute atomic E-state index is 12.8. The van der Waals surface area contributed by atoms with E-state index in [1.165, 1.54) is 0 Å². The lowest BCUT2D eigenvalue weighted by Gasteiger charge is -2.44. The van der Waals surface area contributed by atoms with Crippen LogP contribution >= 0.6 is 23.1 Å². The van der Waals surface area contributed by atoms with Crippen LogP contribution in [0.1, 0.15) is 17.1 Å².